The van der Waals surface area contributed by atoms with E-state index in [2.05, 4.69) is 0 Å². The van der Waals surface area contributed by atoms with Crippen molar-refractivity contribution < 1.29 is 14.3 Å². The van der Waals surface area contributed by atoms with E-state index in [1.165, 1.54) is 7.11 Å². The molecule has 1 aromatic rings. The van der Waals surface area contributed by atoms with Crippen LogP contribution in [0.25, 0.3) is 0 Å². The highest BCUT2D eigenvalue weighted by atomic mass is 16.6. The summed E-state index contributed by atoms with van der Waals surface area (Å²) in [6.07, 6.45) is -0.799. The Kier molecular flexibility index (Phi) is 4.87. The first-order chi connectivity index (χ1) is 8.35. The van der Waals surface area contributed by atoms with E-state index in [4.69, 9.17) is 15.2 Å². The molecule has 0 amide bonds. The van der Waals surface area contributed by atoms with Gasteiger partial charge < -0.3 is 15.2 Å². The van der Waals surface area contributed by atoms with Gasteiger partial charge in [-0.2, -0.15) is 0 Å². The fourth-order valence-electron chi connectivity index (χ4n) is 1.60. The first-order valence-corrected chi connectivity index (χ1v) is 5.91. The number of methoxy groups -OCH3 is 1. The van der Waals surface area contributed by atoms with Crippen LogP contribution in [0.2, 0.25) is 0 Å². The van der Waals surface area contributed by atoms with Gasteiger partial charge in [0.2, 0.25) is 0 Å². The van der Waals surface area contributed by atoms with Crippen molar-refractivity contribution in [3.63, 3.8) is 0 Å². The Bertz CT molecular complexity index is 384. The highest BCUT2D eigenvalue weighted by Crippen LogP contribution is 2.19. The van der Waals surface area contributed by atoms with Gasteiger partial charge in [0, 0.05) is 7.11 Å². The molecular weight excluding hydrogens is 230 g/mol. The molecule has 0 bridgehead atoms. The first kappa shape index (κ1) is 14.7. The molecule has 0 fully saturated rings. The number of hydrogen-bond acceptors (Lipinski definition) is 4. The van der Waals surface area contributed by atoms with Crippen molar-refractivity contribution in [1.82, 2.24) is 0 Å². The molecule has 2 N–H and O–H groups in total. The molecule has 100 valence electrons. The fourth-order valence-corrected chi connectivity index (χ4v) is 1.60. The fraction of sp³-hybridized carbons (Fsp3) is 0.500. The van der Waals surface area contributed by atoms with Crippen LogP contribution in [0.5, 0.6) is 0 Å². The largest absolute Gasteiger partial charge is 0.458 e. The highest BCUT2D eigenvalue weighted by molar-refractivity contribution is 5.76. The topological polar surface area (TPSA) is 61.5 Å². The molecule has 1 aromatic carbocycles. The number of carbonyl (C=O) groups excluding carboxylic acids is 1. The molecule has 4 heteroatoms. The number of carbonyl (C=O) groups is 1. The Hall–Kier alpha value is -1.39. The van der Waals surface area contributed by atoms with Gasteiger partial charge in [-0.3, -0.25) is 0 Å². The molecular formula is C14H21NO3. The quantitative estimate of drug-likeness (QED) is 0.832. The van der Waals surface area contributed by atoms with Crippen molar-refractivity contribution in [2.45, 2.75) is 38.5 Å². The molecule has 0 spiro atoms. The maximum Gasteiger partial charge on any atom is 0.337 e. The van der Waals surface area contributed by atoms with Gasteiger partial charge in [-0.15, -0.1) is 0 Å². The predicted molar refractivity (Wildman–Crippen MR) is 70.0 cm³/mol. The Balaban J connectivity index is 2.81. The van der Waals surface area contributed by atoms with Crippen LogP contribution in [0, 0.1) is 0 Å². The van der Waals surface area contributed by atoms with Crippen molar-refractivity contribution in [3.05, 3.63) is 35.9 Å². The molecule has 0 unspecified atom stereocenters. The third-order valence-corrected chi connectivity index (χ3v) is 2.40. The molecule has 2 atom stereocenters. The third-order valence-electron chi connectivity index (χ3n) is 2.40. The number of ether oxygens (including phenoxy) is 2. The number of rotatable bonds is 4. The van der Waals surface area contributed by atoms with Crippen LogP contribution in [0.15, 0.2) is 30.3 Å². The van der Waals surface area contributed by atoms with Crippen molar-refractivity contribution in [3.8, 4) is 0 Å². The van der Waals surface area contributed by atoms with E-state index in [9.17, 15) is 4.79 Å². The van der Waals surface area contributed by atoms with E-state index in [1.807, 2.05) is 51.1 Å². The second kappa shape index (κ2) is 5.98. The van der Waals surface area contributed by atoms with Crippen LogP contribution < -0.4 is 5.73 Å². The molecule has 0 saturated heterocycles. The van der Waals surface area contributed by atoms with Crippen LogP contribution in [-0.4, -0.2) is 24.8 Å². The summed E-state index contributed by atoms with van der Waals surface area (Å²) in [5, 5.41) is 0. The summed E-state index contributed by atoms with van der Waals surface area (Å²) in [6, 6.07) is 8.83. The van der Waals surface area contributed by atoms with E-state index in [1.54, 1.807) is 0 Å². The minimum absolute atomic E-state index is 0.443. The smallest absolute Gasteiger partial charge is 0.337 e. The summed E-state index contributed by atoms with van der Waals surface area (Å²) < 4.78 is 10.5. The van der Waals surface area contributed by atoms with Crippen LogP contribution in [0.3, 0.4) is 0 Å². The van der Waals surface area contributed by atoms with E-state index in [-0.39, 0.29) is 0 Å². The van der Waals surface area contributed by atoms with Crippen LogP contribution in [0.4, 0.5) is 0 Å². The summed E-state index contributed by atoms with van der Waals surface area (Å²) in [4.78, 5) is 12.0. The average molecular weight is 251 g/mol. The number of esters is 1. The molecule has 0 heterocycles. The summed E-state index contributed by atoms with van der Waals surface area (Å²) in [7, 11) is 1.46. The summed E-state index contributed by atoms with van der Waals surface area (Å²) in [5.74, 6) is -0.443. The zero-order valence-electron chi connectivity index (χ0n) is 11.3. The van der Waals surface area contributed by atoms with Crippen LogP contribution in [-0.2, 0) is 14.3 Å². The molecule has 4 nitrogen and oxygen atoms in total. The number of benzene rings is 1. The van der Waals surface area contributed by atoms with Gasteiger partial charge in [0.15, 0.2) is 6.10 Å². The molecule has 0 aliphatic carbocycles. The van der Waals surface area contributed by atoms with E-state index in [0.717, 1.165) is 5.56 Å². The minimum atomic E-state index is -0.799. The third kappa shape index (κ3) is 4.13. The monoisotopic (exact) mass is 251 g/mol. The molecule has 0 saturated carbocycles. The number of hydrogen-bond donors (Lipinski definition) is 1. The molecule has 18 heavy (non-hydrogen) atoms. The van der Waals surface area contributed by atoms with Gasteiger partial charge in [-0.1, -0.05) is 30.3 Å². The number of nitrogens with two attached hydrogens (primary N) is 1. The molecule has 0 radical (unpaired) electrons. The maximum absolute atomic E-state index is 12.0. The van der Waals surface area contributed by atoms with Gasteiger partial charge in [-0.05, 0) is 26.3 Å². The SMILES string of the molecule is CO[C@H](C(=O)OC(C)(C)C)[C@H](N)c1ccccc1. The van der Waals surface area contributed by atoms with E-state index < -0.39 is 23.7 Å². The van der Waals surface area contributed by atoms with Crippen LogP contribution >= 0.6 is 0 Å². The van der Waals surface area contributed by atoms with Crippen molar-refractivity contribution in [2.75, 3.05) is 7.11 Å². The molecule has 1 rings (SSSR count). The van der Waals surface area contributed by atoms with Crippen molar-refractivity contribution in [1.29, 1.82) is 0 Å². The summed E-state index contributed by atoms with van der Waals surface area (Å²) >= 11 is 0. The second-order valence-electron chi connectivity index (χ2n) is 5.13. The predicted octanol–water partition coefficient (Wildman–Crippen LogP) is 2.04. The van der Waals surface area contributed by atoms with Crippen LogP contribution in [0.1, 0.15) is 32.4 Å². The maximum atomic E-state index is 12.0. The second-order valence-corrected chi connectivity index (χ2v) is 5.13. The van der Waals surface area contributed by atoms with Gasteiger partial charge in [0.05, 0.1) is 6.04 Å². The Morgan fingerprint density at radius 1 is 1.22 bits per heavy atom. The summed E-state index contributed by atoms with van der Waals surface area (Å²) in [5.41, 5.74) is 6.34. The lowest BCUT2D eigenvalue weighted by Crippen LogP contribution is -2.39. The lowest BCUT2D eigenvalue weighted by atomic mass is 10.0. The Morgan fingerprint density at radius 3 is 2.22 bits per heavy atom. The van der Waals surface area contributed by atoms with Gasteiger partial charge in [-0.25, -0.2) is 4.79 Å². The molecule has 0 aromatic heterocycles. The standard InChI is InChI=1S/C14H21NO3/c1-14(2,3)18-13(16)12(17-4)11(15)10-8-6-5-7-9-10/h5-9,11-12H,15H2,1-4H3/t11-,12+/m1/s1. The molecule has 0 aliphatic rings. The van der Waals surface area contributed by atoms with Gasteiger partial charge >= 0.3 is 5.97 Å². The zero-order chi connectivity index (χ0) is 13.8. The Labute approximate surface area is 108 Å². The van der Waals surface area contributed by atoms with Crippen molar-refractivity contribution in [2.24, 2.45) is 5.73 Å². The minimum Gasteiger partial charge on any atom is -0.458 e. The Morgan fingerprint density at radius 2 is 1.78 bits per heavy atom. The highest BCUT2D eigenvalue weighted by Gasteiger charge is 2.30. The average Bonchev–Trinajstić information content (AvgIpc) is 2.28. The van der Waals surface area contributed by atoms with Gasteiger partial charge in [0.25, 0.3) is 0 Å². The zero-order valence-corrected chi connectivity index (χ0v) is 11.3. The first-order valence-electron chi connectivity index (χ1n) is 5.91. The van der Waals surface area contributed by atoms with Gasteiger partial charge in [0.1, 0.15) is 5.60 Å². The van der Waals surface area contributed by atoms with E-state index in [0.29, 0.717) is 0 Å². The normalized spacial score (nSPS) is 14.9. The molecule has 0 aliphatic heterocycles. The van der Waals surface area contributed by atoms with E-state index >= 15 is 0 Å². The van der Waals surface area contributed by atoms with Crippen molar-refractivity contribution >= 4 is 5.97 Å². The summed E-state index contributed by atoms with van der Waals surface area (Å²) in [6.45, 7) is 5.43. The lowest BCUT2D eigenvalue weighted by molar-refractivity contribution is -0.168. The lowest BCUT2D eigenvalue weighted by Gasteiger charge is -2.26.